The molecule has 4 nitrogen and oxygen atoms in total. The molecular weight excluding hydrogens is 274 g/mol. The number of fused-ring (bicyclic) bond motifs is 4. The second-order valence-electron chi connectivity index (χ2n) is 6.11. The topological polar surface area (TPSA) is 50.9 Å². The van der Waals surface area contributed by atoms with E-state index < -0.39 is 6.10 Å². The largest absolute Gasteiger partial charge is 0.388 e. The van der Waals surface area contributed by atoms with Gasteiger partial charge in [0.2, 0.25) is 0 Å². The maximum atomic E-state index is 10.8. The Hall–Kier alpha value is -2.46. The van der Waals surface area contributed by atoms with Crippen LogP contribution in [0.15, 0.2) is 55.2 Å². The summed E-state index contributed by atoms with van der Waals surface area (Å²) in [6.07, 6.45) is 7.79. The first kappa shape index (κ1) is 12.1. The fourth-order valence-electron chi connectivity index (χ4n) is 4.08. The van der Waals surface area contributed by atoms with E-state index in [1.165, 1.54) is 16.7 Å². The van der Waals surface area contributed by atoms with Gasteiger partial charge in [0, 0.05) is 29.4 Å². The molecule has 108 valence electrons. The van der Waals surface area contributed by atoms with E-state index in [1.807, 2.05) is 18.6 Å². The monoisotopic (exact) mass is 289 g/mol. The molecular formula is C18H15N3O. The molecule has 1 aliphatic heterocycles. The molecule has 1 aromatic carbocycles. The molecule has 0 amide bonds. The zero-order valence-electron chi connectivity index (χ0n) is 11.9. The first-order valence-corrected chi connectivity index (χ1v) is 7.56. The average Bonchev–Trinajstić information content (AvgIpc) is 3.21. The third-order valence-corrected chi connectivity index (χ3v) is 5.05. The van der Waals surface area contributed by atoms with E-state index >= 15 is 0 Å². The quantitative estimate of drug-likeness (QED) is 0.749. The minimum atomic E-state index is -0.477. The van der Waals surface area contributed by atoms with Crippen LogP contribution in [-0.2, 0) is 6.42 Å². The van der Waals surface area contributed by atoms with Gasteiger partial charge in [0.15, 0.2) is 0 Å². The summed E-state index contributed by atoms with van der Waals surface area (Å²) >= 11 is 0. The molecule has 5 rings (SSSR count). The lowest BCUT2D eigenvalue weighted by atomic mass is 9.88. The number of aliphatic hydroxyl groups excluding tert-OH is 1. The van der Waals surface area contributed by atoms with Crippen LogP contribution in [0.4, 0.5) is 0 Å². The van der Waals surface area contributed by atoms with Crippen LogP contribution in [0.5, 0.6) is 0 Å². The lowest BCUT2D eigenvalue weighted by molar-refractivity contribution is 0.101. The van der Waals surface area contributed by atoms with E-state index in [0.717, 1.165) is 17.7 Å². The highest BCUT2D eigenvalue weighted by Gasteiger charge is 2.42. The molecule has 3 aromatic rings. The number of benzene rings is 1. The van der Waals surface area contributed by atoms with Crippen LogP contribution in [0.3, 0.4) is 0 Å². The average molecular weight is 289 g/mol. The van der Waals surface area contributed by atoms with Gasteiger partial charge in [-0.05, 0) is 23.6 Å². The van der Waals surface area contributed by atoms with Crippen molar-refractivity contribution < 1.29 is 5.11 Å². The van der Waals surface area contributed by atoms with E-state index in [9.17, 15) is 5.11 Å². The zero-order chi connectivity index (χ0) is 14.7. The van der Waals surface area contributed by atoms with E-state index in [-0.39, 0.29) is 12.0 Å². The number of imidazole rings is 1. The molecule has 22 heavy (non-hydrogen) atoms. The highest BCUT2D eigenvalue weighted by molar-refractivity contribution is 5.69. The van der Waals surface area contributed by atoms with Crippen molar-refractivity contribution in [3.63, 3.8) is 0 Å². The maximum Gasteiger partial charge on any atom is 0.0956 e. The van der Waals surface area contributed by atoms with Gasteiger partial charge in [-0.15, -0.1) is 0 Å². The normalized spacial score (nSPS) is 24.9. The predicted octanol–water partition coefficient (Wildman–Crippen LogP) is 2.75. The minimum absolute atomic E-state index is 0.121. The Kier molecular flexibility index (Phi) is 2.35. The van der Waals surface area contributed by atoms with Gasteiger partial charge in [-0.25, -0.2) is 4.98 Å². The Bertz CT molecular complexity index is 870. The van der Waals surface area contributed by atoms with Crippen LogP contribution in [0.1, 0.15) is 28.8 Å². The van der Waals surface area contributed by atoms with Crippen molar-refractivity contribution in [2.45, 2.75) is 18.6 Å². The van der Waals surface area contributed by atoms with Crippen molar-refractivity contribution in [3.05, 3.63) is 71.9 Å². The first-order chi connectivity index (χ1) is 10.8. The third-order valence-electron chi connectivity index (χ3n) is 5.05. The van der Waals surface area contributed by atoms with E-state index in [2.05, 4.69) is 38.8 Å². The van der Waals surface area contributed by atoms with Crippen LogP contribution in [0, 0.1) is 5.92 Å². The van der Waals surface area contributed by atoms with Crippen LogP contribution in [0.2, 0.25) is 0 Å². The second-order valence-corrected chi connectivity index (χ2v) is 6.11. The smallest absolute Gasteiger partial charge is 0.0956 e. The Labute approximate surface area is 128 Å². The van der Waals surface area contributed by atoms with Crippen LogP contribution >= 0.6 is 0 Å². The van der Waals surface area contributed by atoms with Gasteiger partial charge >= 0.3 is 0 Å². The zero-order valence-corrected chi connectivity index (χ0v) is 11.9. The van der Waals surface area contributed by atoms with Gasteiger partial charge < -0.3 is 9.67 Å². The van der Waals surface area contributed by atoms with Gasteiger partial charge in [0.25, 0.3) is 0 Å². The van der Waals surface area contributed by atoms with Crippen LogP contribution < -0.4 is 0 Å². The lowest BCUT2D eigenvalue weighted by Gasteiger charge is -2.25. The van der Waals surface area contributed by atoms with Crippen molar-refractivity contribution in [2.24, 2.45) is 5.92 Å². The summed E-state index contributed by atoms with van der Waals surface area (Å²) in [5.74, 6) is 0.121. The lowest BCUT2D eigenvalue weighted by Crippen LogP contribution is -2.21. The van der Waals surface area contributed by atoms with Gasteiger partial charge in [0.1, 0.15) is 0 Å². The van der Waals surface area contributed by atoms with E-state index in [1.54, 1.807) is 12.4 Å². The minimum Gasteiger partial charge on any atom is -0.388 e. The van der Waals surface area contributed by atoms with Crippen molar-refractivity contribution >= 4 is 0 Å². The molecule has 1 N–H and O–H groups in total. The van der Waals surface area contributed by atoms with Crippen molar-refractivity contribution in [1.29, 1.82) is 0 Å². The number of hydrogen-bond acceptors (Lipinski definition) is 3. The van der Waals surface area contributed by atoms with Crippen LogP contribution in [-0.4, -0.2) is 19.6 Å². The molecule has 1 aliphatic carbocycles. The molecule has 0 saturated carbocycles. The molecule has 3 atom stereocenters. The Morgan fingerprint density at radius 1 is 1.05 bits per heavy atom. The van der Waals surface area contributed by atoms with E-state index in [0.29, 0.717) is 0 Å². The molecule has 0 fully saturated rings. The second kappa shape index (κ2) is 4.27. The number of aromatic nitrogens is 3. The molecule has 2 aliphatic rings. The number of rotatable bonds is 1. The first-order valence-electron chi connectivity index (χ1n) is 7.56. The summed E-state index contributed by atoms with van der Waals surface area (Å²) in [4.78, 5) is 8.47. The van der Waals surface area contributed by atoms with Crippen molar-refractivity contribution in [3.8, 4) is 11.3 Å². The summed E-state index contributed by atoms with van der Waals surface area (Å²) < 4.78 is 2.21. The molecule has 0 bridgehead atoms. The predicted molar refractivity (Wildman–Crippen MR) is 82.2 cm³/mol. The van der Waals surface area contributed by atoms with Crippen molar-refractivity contribution in [1.82, 2.24) is 14.5 Å². The number of aliphatic hydroxyl groups is 1. The summed E-state index contributed by atoms with van der Waals surface area (Å²) in [5.41, 5.74) is 5.83. The fraction of sp³-hybridized carbons (Fsp3) is 0.222. The van der Waals surface area contributed by atoms with E-state index in [4.69, 9.17) is 0 Å². The standard InChI is InChI=1S/C18H15N3O/c22-18-14(7-11-5-6-19-8-15(11)18)17-13-4-2-1-3-12(13)16-9-20-10-21(16)17/h1-6,8-10,14,17-18,22H,7H2/t14-,17?,18-/m1/s1. The molecule has 0 radical (unpaired) electrons. The van der Waals surface area contributed by atoms with Gasteiger partial charge in [-0.2, -0.15) is 0 Å². The maximum absolute atomic E-state index is 10.8. The van der Waals surface area contributed by atoms with Gasteiger partial charge in [0.05, 0.1) is 30.4 Å². The molecule has 0 saturated heterocycles. The van der Waals surface area contributed by atoms with Gasteiger partial charge in [-0.1, -0.05) is 24.3 Å². The molecule has 2 aromatic heterocycles. The Morgan fingerprint density at radius 2 is 1.95 bits per heavy atom. The fourth-order valence-corrected chi connectivity index (χ4v) is 4.08. The summed E-state index contributed by atoms with van der Waals surface area (Å²) in [7, 11) is 0. The summed E-state index contributed by atoms with van der Waals surface area (Å²) in [5, 5.41) is 10.8. The molecule has 3 heterocycles. The summed E-state index contributed by atoms with van der Waals surface area (Å²) in [6.45, 7) is 0. The number of hydrogen-bond donors (Lipinski definition) is 1. The Morgan fingerprint density at radius 3 is 2.86 bits per heavy atom. The van der Waals surface area contributed by atoms with Crippen molar-refractivity contribution in [2.75, 3.05) is 0 Å². The highest BCUT2D eigenvalue weighted by atomic mass is 16.3. The third kappa shape index (κ3) is 1.45. The Balaban J connectivity index is 1.66. The SMILES string of the molecule is O[C@H]1c2cnccc2C[C@@H]1C1c2ccccc2-c2cncn21. The van der Waals surface area contributed by atoms with Crippen LogP contribution in [0.25, 0.3) is 11.3 Å². The molecule has 1 unspecified atom stereocenters. The number of pyridine rings is 1. The number of nitrogens with zero attached hydrogens (tertiary/aromatic N) is 3. The molecule has 4 heteroatoms. The van der Waals surface area contributed by atoms with Gasteiger partial charge in [-0.3, -0.25) is 4.98 Å². The highest BCUT2D eigenvalue weighted by Crippen LogP contribution is 2.50. The molecule has 0 spiro atoms. The summed E-state index contributed by atoms with van der Waals surface area (Å²) in [6, 6.07) is 10.6.